The van der Waals surface area contributed by atoms with E-state index in [4.69, 9.17) is 16.1 Å². The van der Waals surface area contributed by atoms with Gasteiger partial charge in [0.15, 0.2) is 6.33 Å². The first kappa shape index (κ1) is 11.1. The maximum absolute atomic E-state index is 5.50. The first-order valence-corrected chi connectivity index (χ1v) is 4.88. The van der Waals surface area contributed by atoms with Gasteiger partial charge in [-0.25, -0.2) is 5.84 Å². The van der Waals surface area contributed by atoms with Gasteiger partial charge >= 0.3 is 0 Å². The van der Waals surface area contributed by atoms with Crippen molar-refractivity contribution in [3.8, 4) is 0 Å². The smallest absolute Gasteiger partial charge is 0.228 e. The highest BCUT2D eigenvalue weighted by molar-refractivity contribution is 5.50. The van der Waals surface area contributed by atoms with Crippen LogP contribution in [0.2, 0.25) is 0 Å². The number of rotatable bonds is 5. The molecule has 9 heteroatoms. The number of anilines is 3. The molecule has 2 heterocycles. The van der Waals surface area contributed by atoms with Crippen molar-refractivity contribution in [2.75, 3.05) is 23.0 Å². The Morgan fingerprint density at radius 1 is 1.29 bits per heavy atom. The lowest BCUT2D eigenvalue weighted by Gasteiger charge is -2.06. The van der Waals surface area contributed by atoms with Gasteiger partial charge in [0.05, 0.1) is 0 Å². The van der Waals surface area contributed by atoms with Crippen LogP contribution >= 0.6 is 0 Å². The number of nitrogens with zero attached hydrogens (tertiary/aromatic N) is 4. The molecule has 2 rings (SSSR count). The molecule has 0 aliphatic rings. The van der Waals surface area contributed by atoms with E-state index < -0.39 is 0 Å². The fraction of sp³-hybridized carbons (Fsp3) is 0.250. The Labute approximate surface area is 96.6 Å². The van der Waals surface area contributed by atoms with Crippen LogP contribution in [0.15, 0.2) is 16.9 Å². The molecule has 0 fully saturated rings. The summed E-state index contributed by atoms with van der Waals surface area (Å²) in [6.45, 7) is 0.586. The first-order chi connectivity index (χ1) is 8.28. The number of aromatic nitrogens is 4. The summed E-state index contributed by atoms with van der Waals surface area (Å²) in [5.41, 5.74) is 7.90. The summed E-state index contributed by atoms with van der Waals surface area (Å²) in [5, 5.41) is 6.55. The van der Waals surface area contributed by atoms with Gasteiger partial charge in [-0.3, -0.25) is 0 Å². The van der Waals surface area contributed by atoms with Crippen molar-refractivity contribution in [1.29, 1.82) is 0 Å². The summed E-state index contributed by atoms with van der Waals surface area (Å²) in [5.74, 6) is 6.95. The summed E-state index contributed by atoms with van der Waals surface area (Å²) < 4.78 is 4.85. The molecule has 90 valence electrons. The molecule has 0 unspecified atom stereocenters. The van der Waals surface area contributed by atoms with Crippen molar-refractivity contribution in [1.82, 2.24) is 20.1 Å². The van der Waals surface area contributed by atoms with Crippen LogP contribution in [0.1, 0.15) is 5.89 Å². The lowest BCUT2D eigenvalue weighted by Crippen LogP contribution is -2.13. The van der Waals surface area contributed by atoms with E-state index in [0.29, 0.717) is 30.5 Å². The van der Waals surface area contributed by atoms with Crippen molar-refractivity contribution < 1.29 is 4.52 Å². The number of nitrogen functional groups attached to an aromatic ring is 2. The van der Waals surface area contributed by atoms with Crippen molar-refractivity contribution in [2.24, 2.45) is 5.84 Å². The maximum Gasteiger partial charge on any atom is 0.228 e. The second-order valence-corrected chi connectivity index (χ2v) is 3.15. The zero-order chi connectivity index (χ0) is 12.1. The third kappa shape index (κ3) is 3.01. The average Bonchev–Trinajstić information content (AvgIpc) is 2.81. The molecule has 0 saturated carbocycles. The molecular weight excluding hydrogens is 224 g/mol. The molecule has 0 atom stereocenters. The first-order valence-electron chi connectivity index (χ1n) is 4.88. The SMILES string of the molecule is NNc1cc(NCCc2ncno2)nc(N)n1. The molecule has 0 spiro atoms. The topological polar surface area (TPSA) is 141 Å². The molecule has 0 bridgehead atoms. The van der Waals surface area contributed by atoms with Crippen LogP contribution in [-0.4, -0.2) is 26.7 Å². The van der Waals surface area contributed by atoms with Gasteiger partial charge in [-0.1, -0.05) is 5.16 Å². The molecule has 2 aromatic heterocycles. The second-order valence-electron chi connectivity index (χ2n) is 3.15. The summed E-state index contributed by atoms with van der Waals surface area (Å²) >= 11 is 0. The molecule has 0 radical (unpaired) electrons. The lowest BCUT2D eigenvalue weighted by molar-refractivity contribution is 0.379. The van der Waals surface area contributed by atoms with Gasteiger partial charge in [-0.15, -0.1) is 0 Å². The normalized spacial score (nSPS) is 10.2. The van der Waals surface area contributed by atoms with Gasteiger partial charge in [0, 0.05) is 19.0 Å². The van der Waals surface area contributed by atoms with Crippen molar-refractivity contribution in [3.63, 3.8) is 0 Å². The Bertz CT molecular complexity index is 470. The minimum absolute atomic E-state index is 0.140. The quantitative estimate of drug-likeness (QED) is 0.394. The Morgan fingerprint density at radius 2 is 2.12 bits per heavy atom. The van der Waals surface area contributed by atoms with E-state index in [-0.39, 0.29) is 5.95 Å². The summed E-state index contributed by atoms with van der Waals surface area (Å²) in [6.07, 6.45) is 1.95. The van der Waals surface area contributed by atoms with E-state index in [9.17, 15) is 0 Å². The summed E-state index contributed by atoms with van der Waals surface area (Å²) in [4.78, 5) is 11.7. The van der Waals surface area contributed by atoms with Crippen LogP contribution in [0.5, 0.6) is 0 Å². The zero-order valence-corrected chi connectivity index (χ0v) is 8.92. The van der Waals surface area contributed by atoms with Crippen molar-refractivity contribution in [3.05, 3.63) is 18.3 Å². The minimum atomic E-state index is 0.140. The summed E-state index contributed by atoms with van der Waals surface area (Å²) in [7, 11) is 0. The highest BCUT2D eigenvalue weighted by Gasteiger charge is 2.02. The van der Waals surface area contributed by atoms with Gasteiger partial charge in [-0.05, 0) is 0 Å². The number of nitrogens with one attached hydrogen (secondary N) is 2. The van der Waals surface area contributed by atoms with E-state index in [1.54, 1.807) is 6.07 Å². The highest BCUT2D eigenvalue weighted by Crippen LogP contribution is 2.11. The standard InChI is InChI=1S/C8H12N8O/c9-8-14-5(3-6(15-8)16-10)11-2-1-7-12-4-13-17-7/h3-4H,1-2,10H2,(H4,9,11,14,15,16). The van der Waals surface area contributed by atoms with Gasteiger partial charge < -0.3 is 21.0 Å². The predicted molar refractivity (Wildman–Crippen MR) is 60.7 cm³/mol. The van der Waals surface area contributed by atoms with Crippen LogP contribution in [0.3, 0.4) is 0 Å². The third-order valence-corrected chi connectivity index (χ3v) is 1.94. The Morgan fingerprint density at radius 3 is 2.82 bits per heavy atom. The Kier molecular flexibility index (Phi) is 3.31. The van der Waals surface area contributed by atoms with E-state index in [1.165, 1.54) is 6.33 Å². The van der Waals surface area contributed by atoms with Crippen molar-refractivity contribution >= 4 is 17.6 Å². The van der Waals surface area contributed by atoms with Gasteiger partial charge in [0.1, 0.15) is 11.6 Å². The zero-order valence-electron chi connectivity index (χ0n) is 8.92. The molecule has 0 aliphatic carbocycles. The minimum Gasteiger partial charge on any atom is -0.369 e. The molecule has 2 aromatic rings. The largest absolute Gasteiger partial charge is 0.369 e. The molecule has 9 nitrogen and oxygen atoms in total. The lowest BCUT2D eigenvalue weighted by atomic mass is 10.4. The monoisotopic (exact) mass is 236 g/mol. The van der Waals surface area contributed by atoms with Crippen LogP contribution < -0.4 is 22.3 Å². The molecule has 17 heavy (non-hydrogen) atoms. The molecule has 0 amide bonds. The maximum atomic E-state index is 5.50. The van der Waals surface area contributed by atoms with E-state index in [2.05, 4.69) is 30.9 Å². The molecule has 0 saturated heterocycles. The third-order valence-electron chi connectivity index (χ3n) is 1.94. The number of hydrogen-bond acceptors (Lipinski definition) is 9. The summed E-state index contributed by atoms with van der Waals surface area (Å²) in [6, 6.07) is 1.64. The average molecular weight is 236 g/mol. The van der Waals surface area contributed by atoms with Crippen LogP contribution in [-0.2, 0) is 6.42 Å². The number of hydrogen-bond donors (Lipinski definition) is 4. The molecular formula is C8H12N8O. The fourth-order valence-electron chi connectivity index (χ4n) is 1.23. The molecule has 6 N–H and O–H groups in total. The highest BCUT2D eigenvalue weighted by atomic mass is 16.5. The Hall–Kier alpha value is -2.42. The van der Waals surface area contributed by atoms with E-state index >= 15 is 0 Å². The second kappa shape index (κ2) is 5.07. The Balaban J connectivity index is 1.92. The molecule has 0 aromatic carbocycles. The van der Waals surface area contributed by atoms with Gasteiger partial charge in [-0.2, -0.15) is 15.0 Å². The van der Waals surface area contributed by atoms with Crippen LogP contribution in [0, 0.1) is 0 Å². The van der Waals surface area contributed by atoms with E-state index in [0.717, 1.165) is 0 Å². The predicted octanol–water partition coefficient (Wildman–Crippen LogP) is -0.618. The fourth-order valence-corrected chi connectivity index (χ4v) is 1.23. The van der Waals surface area contributed by atoms with E-state index in [1.807, 2.05) is 0 Å². The van der Waals surface area contributed by atoms with Gasteiger partial charge in [0.2, 0.25) is 11.8 Å². The number of nitrogens with two attached hydrogens (primary N) is 2. The van der Waals surface area contributed by atoms with Gasteiger partial charge in [0.25, 0.3) is 0 Å². The van der Waals surface area contributed by atoms with Crippen LogP contribution in [0.4, 0.5) is 17.6 Å². The molecule has 0 aliphatic heterocycles. The van der Waals surface area contributed by atoms with Crippen LogP contribution in [0.25, 0.3) is 0 Å². The number of hydrazine groups is 1. The van der Waals surface area contributed by atoms with Crippen molar-refractivity contribution in [2.45, 2.75) is 6.42 Å².